The molecule has 0 aliphatic heterocycles. The minimum absolute atomic E-state index is 0.202. The van der Waals surface area contributed by atoms with E-state index in [1.54, 1.807) is 6.20 Å². The van der Waals surface area contributed by atoms with E-state index in [0.717, 1.165) is 48.2 Å². The number of aromatic nitrogens is 2. The summed E-state index contributed by atoms with van der Waals surface area (Å²) in [5.41, 5.74) is 3.44. The van der Waals surface area contributed by atoms with E-state index in [-0.39, 0.29) is 16.7 Å². The van der Waals surface area contributed by atoms with Crippen LogP contribution in [0.2, 0.25) is 5.28 Å². The molecule has 1 aromatic heterocycles. The number of nitrogens with zero attached hydrogens (tertiary/aromatic N) is 2. The Morgan fingerprint density at radius 3 is 2.48 bits per heavy atom. The Bertz CT molecular complexity index is 840. The van der Waals surface area contributed by atoms with Crippen molar-refractivity contribution in [1.82, 2.24) is 15.3 Å². The summed E-state index contributed by atoms with van der Waals surface area (Å²) in [5.74, 6) is 0. The molecule has 0 unspecified atom stereocenters. The predicted octanol–water partition coefficient (Wildman–Crippen LogP) is 5.36. The van der Waals surface area contributed by atoms with E-state index in [9.17, 15) is 4.79 Å². The molecule has 2 aromatic rings. The Balaban J connectivity index is 1.85. The van der Waals surface area contributed by atoms with Crippen molar-refractivity contribution in [2.45, 2.75) is 58.9 Å². The summed E-state index contributed by atoms with van der Waals surface area (Å²) >= 11 is 6.04. The second-order valence-electron chi connectivity index (χ2n) is 8.35. The largest absolute Gasteiger partial charge is 0.327 e. The maximum Gasteiger partial charge on any atom is 0.319 e. The van der Waals surface area contributed by atoms with E-state index in [2.05, 4.69) is 34.4 Å². The van der Waals surface area contributed by atoms with Crippen LogP contribution in [0.15, 0.2) is 30.5 Å². The molecule has 27 heavy (non-hydrogen) atoms. The molecule has 5 nitrogen and oxygen atoms in total. The summed E-state index contributed by atoms with van der Waals surface area (Å²) in [5, 5.41) is 6.41. The van der Waals surface area contributed by atoms with Crippen LogP contribution in [-0.4, -0.2) is 16.0 Å². The molecule has 1 aliphatic rings. The van der Waals surface area contributed by atoms with E-state index < -0.39 is 5.54 Å². The summed E-state index contributed by atoms with van der Waals surface area (Å²) in [7, 11) is 0. The van der Waals surface area contributed by atoms with Gasteiger partial charge in [-0.15, -0.1) is 0 Å². The normalized spacial score (nSPS) is 18.0. The van der Waals surface area contributed by atoms with Gasteiger partial charge in [-0.2, -0.15) is 0 Å². The summed E-state index contributed by atoms with van der Waals surface area (Å²) in [6.45, 7) is 8.52. The van der Waals surface area contributed by atoms with Crippen molar-refractivity contribution in [3.63, 3.8) is 0 Å². The van der Waals surface area contributed by atoms with Crippen molar-refractivity contribution >= 4 is 23.3 Å². The minimum atomic E-state index is -0.538. The molecule has 2 N–H and O–H groups in total. The third-order valence-electron chi connectivity index (χ3n) is 5.57. The van der Waals surface area contributed by atoms with Gasteiger partial charge in [-0.25, -0.2) is 14.8 Å². The smallest absolute Gasteiger partial charge is 0.319 e. The number of halogens is 1. The second kappa shape index (κ2) is 7.47. The topological polar surface area (TPSA) is 66.9 Å². The van der Waals surface area contributed by atoms with E-state index in [0.29, 0.717) is 0 Å². The highest BCUT2D eigenvalue weighted by Gasteiger charge is 2.42. The fraction of sp³-hybridized carbons (Fsp3) is 0.476. The molecular formula is C21H27ClN4O. The third kappa shape index (κ3) is 4.59. The molecule has 6 heteroatoms. The monoisotopic (exact) mass is 386 g/mol. The van der Waals surface area contributed by atoms with Gasteiger partial charge in [0.1, 0.15) is 0 Å². The molecule has 0 bridgehead atoms. The van der Waals surface area contributed by atoms with Crippen molar-refractivity contribution in [2.24, 2.45) is 5.41 Å². The Labute approximate surface area is 166 Å². The average Bonchev–Trinajstić information content (AvgIpc) is 2.60. The Morgan fingerprint density at radius 2 is 1.81 bits per heavy atom. The van der Waals surface area contributed by atoms with Crippen molar-refractivity contribution in [2.75, 3.05) is 5.32 Å². The lowest BCUT2D eigenvalue weighted by molar-refractivity contribution is 0.136. The van der Waals surface area contributed by atoms with Gasteiger partial charge in [0.2, 0.25) is 5.28 Å². The number of rotatable bonds is 3. The SMILES string of the molecule is Cc1ccc(C)c(NC(=O)NC2(c3ccnc(Cl)n3)CCC(C)(C)CC2)c1. The quantitative estimate of drug-likeness (QED) is 0.697. The average molecular weight is 387 g/mol. The maximum atomic E-state index is 12.9. The van der Waals surface area contributed by atoms with Gasteiger partial charge in [0.15, 0.2) is 0 Å². The van der Waals surface area contributed by atoms with Crippen LogP contribution in [0.5, 0.6) is 0 Å². The molecule has 0 radical (unpaired) electrons. The zero-order chi connectivity index (χ0) is 19.7. The zero-order valence-corrected chi connectivity index (χ0v) is 17.2. The van der Waals surface area contributed by atoms with Gasteiger partial charge in [0.25, 0.3) is 0 Å². The first-order chi connectivity index (χ1) is 12.7. The number of amides is 2. The van der Waals surface area contributed by atoms with Gasteiger partial charge in [0.05, 0.1) is 11.2 Å². The van der Waals surface area contributed by atoms with E-state index in [4.69, 9.17) is 11.6 Å². The molecule has 2 amide bonds. The number of aryl methyl sites for hydroxylation is 2. The highest BCUT2D eigenvalue weighted by molar-refractivity contribution is 6.28. The molecule has 144 valence electrons. The van der Waals surface area contributed by atoms with Gasteiger partial charge in [-0.3, -0.25) is 0 Å². The van der Waals surface area contributed by atoms with Crippen LogP contribution in [0.3, 0.4) is 0 Å². The number of anilines is 1. The lowest BCUT2D eigenvalue weighted by Crippen LogP contribution is -2.51. The molecule has 1 saturated carbocycles. The van der Waals surface area contributed by atoms with Crippen LogP contribution in [0.25, 0.3) is 0 Å². The van der Waals surface area contributed by atoms with Gasteiger partial charge in [0, 0.05) is 11.9 Å². The molecular weight excluding hydrogens is 360 g/mol. The lowest BCUT2D eigenvalue weighted by Gasteiger charge is -2.43. The van der Waals surface area contributed by atoms with Gasteiger partial charge < -0.3 is 10.6 Å². The van der Waals surface area contributed by atoms with Crippen LogP contribution < -0.4 is 10.6 Å². The number of benzene rings is 1. The summed E-state index contributed by atoms with van der Waals surface area (Å²) in [6, 6.07) is 7.65. The van der Waals surface area contributed by atoms with Crippen LogP contribution in [0.1, 0.15) is 56.4 Å². The molecule has 1 aliphatic carbocycles. The van der Waals surface area contributed by atoms with Crippen LogP contribution in [0.4, 0.5) is 10.5 Å². The van der Waals surface area contributed by atoms with Crippen molar-refractivity contribution in [3.05, 3.63) is 52.6 Å². The first-order valence-electron chi connectivity index (χ1n) is 9.35. The molecule has 1 heterocycles. The molecule has 0 spiro atoms. The fourth-order valence-corrected chi connectivity index (χ4v) is 3.79. The molecule has 1 aromatic carbocycles. The first kappa shape index (κ1) is 19.6. The number of carbonyl (C=O) groups is 1. The minimum Gasteiger partial charge on any atom is -0.327 e. The molecule has 3 rings (SSSR count). The number of hydrogen-bond acceptors (Lipinski definition) is 3. The van der Waals surface area contributed by atoms with Crippen LogP contribution in [0, 0.1) is 19.3 Å². The number of hydrogen-bond donors (Lipinski definition) is 2. The lowest BCUT2D eigenvalue weighted by atomic mass is 9.68. The van der Waals surface area contributed by atoms with Gasteiger partial charge in [-0.05, 0) is 79.8 Å². The fourth-order valence-electron chi connectivity index (χ4n) is 3.64. The van der Waals surface area contributed by atoms with Crippen molar-refractivity contribution in [3.8, 4) is 0 Å². The highest BCUT2D eigenvalue weighted by Crippen LogP contribution is 2.44. The first-order valence-corrected chi connectivity index (χ1v) is 9.72. The third-order valence-corrected chi connectivity index (χ3v) is 5.75. The van der Waals surface area contributed by atoms with E-state index in [1.807, 2.05) is 38.1 Å². The van der Waals surface area contributed by atoms with Crippen molar-refractivity contribution in [1.29, 1.82) is 0 Å². The molecule has 0 saturated heterocycles. The number of carbonyl (C=O) groups excluding carboxylic acids is 1. The van der Waals surface area contributed by atoms with Crippen LogP contribution in [-0.2, 0) is 5.54 Å². The summed E-state index contributed by atoms with van der Waals surface area (Å²) < 4.78 is 0. The Morgan fingerprint density at radius 1 is 1.11 bits per heavy atom. The van der Waals surface area contributed by atoms with E-state index in [1.165, 1.54) is 0 Å². The number of nitrogens with one attached hydrogen (secondary N) is 2. The van der Waals surface area contributed by atoms with Gasteiger partial charge in [-0.1, -0.05) is 26.0 Å². The van der Waals surface area contributed by atoms with E-state index >= 15 is 0 Å². The van der Waals surface area contributed by atoms with Crippen molar-refractivity contribution < 1.29 is 4.79 Å². The summed E-state index contributed by atoms with van der Waals surface area (Å²) in [6.07, 6.45) is 5.27. The van der Waals surface area contributed by atoms with Crippen LogP contribution >= 0.6 is 11.6 Å². The zero-order valence-electron chi connectivity index (χ0n) is 16.4. The van der Waals surface area contributed by atoms with Gasteiger partial charge >= 0.3 is 6.03 Å². The molecule has 1 fully saturated rings. The molecule has 0 atom stereocenters. The highest BCUT2D eigenvalue weighted by atomic mass is 35.5. The Kier molecular flexibility index (Phi) is 5.43. The summed E-state index contributed by atoms with van der Waals surface area (Å²) in [4.78, 5) is 21.3. The maximum absolute atomic E-state index is 12.9. The second-order valence-corrected chi connectivity index (χ2v) is 8.69. The number of urea groups is 1. The Hall–Kier alpha value is -2.14. The standard InChI is InChI=1S/C21H27ClN4O/c1-14-5-6-15(2)16(13-14)24-19(27)26-21(10-8-20(3,4)9-11-21)17-7-12-23-18(22)25-17/h5-7,12-13H,8-11H2,1-4H3,(H2,24,26,27). The predicted molar refractivity (Wildman–Crippen MR) is 109 cm³/mol.